The molecule has 1 rings (SSSR count). The van der Waals surface area contributed by atoms with Crippen molar-refractivity contribution in [1.82, 2.24) is 0 Å². The van der Waals surface area contributed by atoms with Crippen LogP contribution in [0.15, 0.2) is 0 Å². The second kappa shape index (κ2) is 17.7. The molecule has 28 heavy (non-hydrogen) atoms. The van der Waals surface area contributed by atoms with Gasteiger partial charge in [0.1, 0.15) is 6.10 Å². The van der Waals surface area contributed by atoms with E-state index in [0.29, 0.717) is 6.10 Å². The Morgan fingerprint density at radius 1 is 0.679 bits per heavy atom. The van der Waals surface area contributed by atoms with E-state index in [-0.39, 0.29) is 0 Å². The zero-order valence-electron chi connectivity index (χ0n) is 19.1. The fourth-order valence-electron chi connectivity index (χ4n) is 3.43. The maximum atomic E-state index is 6.40. The van der Waals surface area contributed by atoms with Crippen molar-refractivity contribution in [2.45, 2.75) is 123 Å². The fourth-order valence-corrected chi connectivity index (χ4v) is 3.43. The minimum absolute atomic E-state index is 0.346. The molecule has 1 aliphatic heterocycles. The van der Waals surface area contributed by atoms with E-state index in [2.05, 4.69) is 20.8 Å². The molecule has 4 heteroatoms. The molecule has 1 aliphatic rings. The van der Waals surface area contributed by atoms with Gasteiger partial charge in [0.2, 0.25) is 0 Å². The Hall–Kier alpha value is -0.160. The Morgan fingerprint density at radius 2 is 1.21 bits per heavy atom. The molecular weight excluding hydrogens is 352 g/mol. The van der Waals surface area contributed by atoms with Crippen molar-refractivity contribution < 1.29 is 18.9 Å². The molecular formula is C24H48O4. The Labute approximate surface area is 175 Å². The van der Waals surface area contributed by atoms with E-state index in [1.165, 1.54) is 44.9 Å². The molecule has 0 bridgehead atoms. The summed E-state index contributed by atoms with van der Waals surface area (Å²) >= 11 is 0. The molecule has 1 heterocycles. The monoisotopic (exact) mass is 400 g/mol. The van der Waals surface area contributed by atoms with E-state index < -0.39 is 5.79 Å². The van der Waals surface area contributed by atoms with Gasteiger partial charge in [0.25, 0.3) is 0 Å². The van der Waals surface area contributed by atoms with Crippen LogP contribution in [0.25, 0.3) is 0 Å². The summed E-state index contributed by atoms with van der Waals surface area (Å²) in [5.74, 6) is -0.410. The van der Waals surface area contributed by atoms with Crippen molar-refractivity contribution in [2.24, 2.45) is 0 Å². The first-order valence-corrected chi connectivity index (χ1v) is 12.2. The number of epoxide rings is 1. The first-order valence-electron chi connectivity index (χ1n) is 12.2. The minimum Gasteiger partial charge on any atom is -0.379 e. The summed E-state index contributed by atoms with van der Waals surface area (Å²) in [5, 5.41) is 0. The van der Waals surface area contributed by atoms with Gasteiger partial charge in [-0.05, 0) is 25.7 Å². The Kier molecular flexibility index (Phi) is 16.3. The molecule has 1 atom stereocenters. The van der Waals surface area contributed by atoms with Gasteiger partial charge in [-0.25, -0.2) is 0 Å². The topological polar surface area (TPSA) is 40.2 Å². The highest BCUT2D eigenvalue weighted by Crippen LogP contribution is 2.29. The van der Waals surface area contributed by atoms with Crippen LogP contribution in [0.3, 0.4) is 0 Å². The standard InChI is InChI=1S/C24H48O4/c1-4-7-10-11-12-13-14-16-24(27-19-8-5-2,28-20-9-6-3)17-15-18-25-21-23-22-26-23/h23H,4-22H2,1-3H3. The Morgan fingerprint density at radius 3 is 1.79 bits per heavy atom. The van der Waals surface area contributed by atoms with Gasteiger partial charge in [-0.3, -0.25) is 0 Å². The van der Waals surface area contributed by atoms with Gasteiger partial charge in [0, 0.05) is 19.4 Å². The van der Waals surface area contributed by atoms with Crippen LogP contribution in [0, 0.1) is 0 Å². The Balaban J connectivity index is 2.41. The maximum Gasteiger partial charge on any atom is 0.168 e. The summed E-state index contributed by atoms with van der Waals surface area (Å²) < 4.78 is 23.8. The van der Waals surface area contributed by atoms with Crippen LogP contribution in [0.4, 0.5) is 0 Å². The van der Waals surface area contributed by atoms with Crippen LogP contribution in [0.1, 0.15) is 111 Å². The number of unbranched alkanes of at least 4 members (excludes halogenated alkanes) is 8. The number of rotatable bonds is 22. The predicted molar refractivity (Wildman–Crippen MR) is 117 cm³/mol. The summed E-state index contributed by atoms with van der Waals surface area (Å²) in [6, 6.07) is 0. The van der Waals surface area contributed by atoms with E-state index in [4.69, 9.17) is 18.9 Å². The summed E-state index contributed by atoms with van der Waals surface area (Å²) in [4.78, 5) is 0. The smallest absolute Gasteiger partial charge is 0.168 e. The summed E-state index contributed by atoms with van der Waals surface area (Å²) in [5.41, 5.74) is 0. The van der Waals surface area contributed by atoms with Gasteiger partial charge < -0.3 is 18.9 Å². The molecule has 0 aromatic heterocycles. The lowest BCUT2D eigenvalue weighted by molar-refractivity contribution is -0.248. The molecule has 1 unspecified atom stereocenters. The second-order valence-corrected chi connectivity index (χ2v) is 8.32. The van der Waals surface area contributed by atoms with Crippen LogP contribution >= 0.6 is 0 Å². The third kappa shape index (κ3) is 13.9. The largest absolute Gasteiger partial charge is 0.379 e. The van der Waals surface area contributed by atoms with Gasteiger partial charge in [0.15, 0.2) is 5.79 Å². The molecule has 168 valence electrons. The number of ether oxygens (including phenoxy) is 4. The lowest BCUT2D eigenvalue weighted by atomic mass is 10.0. The molecule has 0 N–H and O–H groups in total. The van der Waals surface area contributed by atoms with Crippen LogP contribution < -0.4 is 0 Å². The highest BCUT2D eigenvalue weighted by Gasteiger charge is 2.31. The average Bonchev–Trinajstić information content (AvgIpc) is 3.52. The summed E-state index contributed by atoms with van der Waals surface area (Å²) in [7, 11) is 0. The molecule has 0 saturated carbocycles. The van der Waals surface area contributed by atoms with Gasteiger partial charge in [-0.15, -0.1) is 0 Å². The van der Waals surface area contributed by atoms with Crippen molar-refractivity contribution in [1.29, 1.82) is 0 Å². The molecule has 0 aliphatic carbocycles. The molecule has 0 radical (unpaired) electrons. The third-order valence-electron chi connectivity index (χ3n) is 5.44. The average molecular weight is 401 g/mol. The van der Waals surface area contributed by atoms with Gasteiger partial charge in [-0.2, -0.15) is 0 Å². The van der Waals surface area contributed by atoms with Crippen molar-refractivity contribution in [3.63, 3.8) is 0 Å². The minimum atomic E-state index is -0.410. The number of hydrogen-bond donors (Lipinski definition) is 0. The first-order chi connectivity index (χ1) is 13.8. The van der Waals surface area contributed by atoms with E-state index in [9.17, 15) is 0 Å². The first kappa shape index (κ1) is 25.9. The molecule has 1 saturated heterocycles. The van der Waals surface area contributed by atoms with Crippen LogP contribution in [0.2, 0.25) is 0 Å². The fraction of sp³-hybridized carbons (Fsp3) is 1.00. The second-order valence-electron chi connectivity index (χ2n) is 8.32. The van der Waals surface area contributed by atoms with Crippen molar-refractivity contribution >= 4 is 0 Å². The third-order valence-corrected chi connectivity index (χ3v) is 5.44. The zero-order valence-corrected chi connectivity index (χ0v) is 19.1. The summed E-state index contributed by atoms with van der Waals surface area (Å²) in [6.07, 6.45) is 17.1. The molecule has 4 nitrogen and oxygen atoms in total. The molecule has 0 aromatic rings. The highest BCUT2D eigenvalue weighted by molar-refractivity contribution is 4.72. The molecule has 1 fully saturated rings. The van der Waals surface area contributed by atoms with Crippen molar-refractivity contribution in [2.75, 3.05) is 33.0 Å². The van der Waals surface area contributed by atoms with Crippen LogP contribution in [0.5, 0.6) is 0 Å². The molecule has 0 aromatic carbocycles. The van der Waals surface area contributed by atoms with E-state index in [1.54, 1.807) is 0 Å². The van der Waals surface area contributed by atoms with E-state index in [0.717, 1.165) is 78.0 Å². The van der Waals surface area contributed by atoms with E-state index in [1.807, 2.05) is 0 Å². The van der Waals surface area contributed by atoms with Gasteiger partial charge in [-0.1, -0.05) is 72.1 Å². The predicted octanol–water partition coefficient (Wildman–Crippen LogP) is 6.65. The maximum absolute atomic E-state index is 6.40. The lowest BCUT2D eigenvalue weighted by Gasteiger charge is -2.34. The van der Waals surface area contributed by atoms with E-state index >= 15 is 0 Å². The quantitative estimate of drug-likeness (QED) is 0.116. The SMILES string of the molecule is CCCCCCCCCC(CCCOCC1CO1)(OCCCC)OCCCC. The molecule has 0 amide bonds. The van der Waals surface area contributed by atoms with Crippen LogP contribution in [-0.2, 0) is 18.9 Å². The Bertz CT molecular complexity index is 321. The van der Waals surface area contributed by atoms with Gasteiger partial charge in [0.05, 0.1) is 26.4 Å². The highest BCUT2D eigenvalue weighted by atomic mass is 16.7. The van der Waals surface area contributed by atoms with Gasteiger partial charge >= 0.3 is 0 Å². The normalized spacial score (nSPS) is 16.6. The van der Waals surface area contributed by atoms with Crippen LogP contribution in [-0.4, -0.2) is 44.9 Å². The summed E-state index contributed by atoms with van der Waals surface area (Å²) in [6.45, 7) is 10.7. The van der Waals surface area contributed by atoms with Crippen molar-refractivity contribution in [3.05, 3.63) is 0 Å². The number of hydrogen-bond acceptors (Lipinski definition) is 4. The van der Waals surface area contributed by atoms with Crippen molar-refractivity contribution in [3.8, 4) is 0 Å². The lowest BCUT2D eigenvalue weighted by Crippen LogP contribution is -2.37. The molecule has 0 spiro atoms. The zero-order chi connectivity index (χ0) is 20.3.